The van der Waals surface area contributed by atoms with Crippen LogP contribution in [0.1, 0.15) is 246 Å². The maximum Gasteiger partial charge on any atom is 0.308 e. The van der Waals surface area contributed by atoms with Gasteiger partial charge in [0, 0.05) is 6.54 Å². The van der Waals surface area contributed by atoms with E-state index in [9.17, 15) is 19.8 Å². The number of ether oxygens (including phenoxy) is 2. The van der Waals surface area contributed by atoms with E-state index in [0.29, 0.717) is 19.8 Å². The second-order valence-electron chi connectivity index (χ2n) is 17.2. The third-order valence-corrected chi connectivity index (χ3v) is 11.7. The standard InChI is InChI=1S/C49H97NO6/c1-5-9-13-17-21-29-37-45(35-27-19-15-11-7-3)48(53)55-41-33-25-23-31-39-50(43-47(52)44-51)40-32-24-26-34-42-56-49(54)46(36-28-20-16-12-8-4)38-30-22-18-14-10-6-2/h45-47,51-52H,5-44H2,1-4H3. The van der Waals surface area contributed by atoms with Crippen molar-refractivity contribution in [2.75, 3.05) is 39.5 Å². The lowest BCUT2D eigenvalue weighted by Crippen LogP contribution is -2.35. The van der Waals surface area contributed by atoms with Crippen LogP contribution < -0.4 is 0 Å². The molecule has 0 fully saturated rings. The molecule has 0 amide bonds. The first-order valence-corrected chi connectivity index (χ1v) is 24.8. The van der Waals surface area contributed by atoms with E-state index in [-0.39, 0.29) is 30.4 Å². The fourth-order valence-electron chi connectivity index (χ4n) is 7.90. The van der Waals surface area contributed by atoms with Crippen LogP contribution in [0.25, 0.3) is 0 Å². The van der Waals surface area contributed by atoms with Crippen LogP contribution in [0, 0.1) is 11.8 Å². The van der Waals surface area contributed by atoms with E-state index in [1.807, 2.05) is 0 Å². The van der Waals surface area contributed by atoms with Crippen LogP contribution in [0.3, 0.4) is 0 Å². The molecular weight excluding hydrogens is 699 g/mol. The van der Waals surface area contributed by atoms with E-state index in [2.05, 4.69) is 32.6 Å². The van der Waals surface area contributed by atoms with E-state index in [1.54, 1.807) is 0 Å². The second-order valence-corrected chi connectivity index (χ2v) is 17.2. The van der Waals surface area contributed by atoms with Crippen LogP contribution in [0.5, 0.6) is 0 Å². The monoisotopic (exact) mass is 796 g/mol. The molecule has 2 N–H and O–H groups in total. The molecule has 334 valence electrons. The number of nitrogens with zero attached hydrogens (tertiary/aromatic N) is 1. The van der Waals surface area contributed by atoms with Crippen molar-refractivity contribution in [1.82, 2.24) is 4.90 Å². The molecule has 0 aromatic heterocycles. The SMILES string of the molecule is CCCCCCCCC(CCCCCCC)C(=O)OCCCCCCN(CCCCCCOC(=O)C(CCCCCCC)CCCCCCCC)CC(O)CO. The lowest BCUT2D eigenvalue weighted by molar-refractivity contribution is -0.150. The Morgan fingerprint density at radius 3 is 1.04 bits per heavy atom. The van der Waals surface area contributed by atoms with Gasteiger partial charge in [0.15, 0.2) is 0 Å². The van der Waals surface area contributed by atoms with Gasteiger partial charge in [-0.3, -0.25) is 9.59 Å². The Labute approximate surface area is 348 Å². The number of hydrogen-bond donors (Lipinski definition) is 2. The highest BCUT2D eigenvalue weighted by Crippen LogP contribution is 2.22. The van der Waals surface area contributed by atoms with Gasteiger partial charge in [0.1, 0.15) is 0 Å². The fraction of sp³-hybridized carbons (Fsp3) is 0.959. The number of esters is 2. The first-order valence-electron chi connectivity index (χ1n) is 24.8. The van der Waals surface area contributed by atoms with Gasteiger partial charge < -0.3 is 24.6 Å². The highest BCUT2D eigenvalue weighted by atomic mass is 16.5. The Kier molecular flexibility index (Phi) is 42.5. The van der Waals surface area contributed by atoms with Crippen LogP contribution in [0.15, 0.2) is 0 Å². The van der Waals surface area contributed by atoms with Crippen molar-refractivity contribution in [3.63, 3.8) is 0 Å². The number of rotatable bonds is 45. The third kappa shape index (κ3) is 35.9. The molecule has 56 heavy (non-hydrogen) atoms. The quantitative estimate of drug-likeness (QED) is 0.0468. The van der Waals surface area contributed by atoms with Crippen molar-refractivity contribution in [1.29, 1.82) is 0 Å². The molecule has 7 nitrogen and oxygen atoms in total. The van der Waals surface area contributed by atoms with Gasteiger partial charge in [-0.1, -0.05) is 195 Å². The van der Waals surface area contributed by atoms with Gasteiger partial charge >= 0.3 is 11.9 Å². The van der Waals surface area contributed by atoms with E-state index in [1.165, 1.54) is 116 Å². The van der Waals surface area contributed by atoms with Gasteiger partial charge in [-0.2, -0.15) is 0 Å². The molecule has 3 atom stereocenters. The number of unbranched alkanes of at least 4 members (excludes halogenated alkanes) is 24. The average Bonchev–Trinajstić information content (AvgIpc) is 3.20. The van der Waals surface area contributed by atoms with E-state index in [0.717, 1.165) is 116 Å². The minimum Gasteiger partial charge on any atom is -0.465 e. The van der Waals surface area contributed by atoms with E-state index in [4.69, 9.17) is 9.47 Å². The summed E-state index contributed by atoms with van der Waals surface area (Å²) in [5.74, 6) is 0.173. The summed E-state index contributed by atoms with van der Waals surface area (Å²) >= 11 is 0. The summed E-state index contributed by atoms with van der Waals surface area (Å²) in [7, 11) is 0. The van der Waals surface area contributed by atoms with Crippen LogP contribution in [0.4, 0.5) is 0 Å². The average molecular weight is 796 g/mol. The number of carbonyl (C=O) groups is 2. The Morgan fingerprint density at radius 1 is 0.429 bits per heavy atom. The predicted molar refractivity (Wildman–Crippen MR) is 238 cm³/mol. The molecule has 0 bridgehead atoms. The van der Waals surface area contributed by atoms with Crippen molar-refractivity contribution in [2.24, 2.45) is 11.8 Å². The van der Waals surface area contributed by atoms with Crippen LogP contribution >= 0.6 is 0 Å². The lowest BCUT2D eigenvalue weighted by Gasteiger charge is -2.24. The zero-order valence-electron chi connectivity index (χ0n) is 38.0. The summed E-state index contributed by atoms with van der Waals surface area (Å²) in [5, 5.41) is 19.6. The smallest absolute Gasteiger partial charge is 0.308 e. The Balaban J connectivity index is 4.43. The summed E-state index contributed by atoms with van der Waals surface area (Å²) in [6, 6.07) is 0. The minimum atomic E-state index is -0.722. The van der Waals surface area contributed by atoms with Crippen LogP contribution in [-0.2, 0) is 19.1 Å². The molecule has 0 aliphatic rings. The highest BCUT2D eigenvalue weighted by molar-refractivity contribution is 5.72. The second kappa shape index (κ2) is 43.4. The van der Waals surface area contributed by atoms with Crippen molar-refractivity contribution in [3.05, 3.63) is 0 Å². The molecule has 0 rings (SSSR count). The molecular formula is C49H97NO6. The van der Waals surface area contributed by atoms with Gasteiger partial charge in [0.25, 0.3) is 0 Å². The molecule has 0 radical (unpaired) electrons. The zero-order valence-corrected chi connectivity index (χ0v) is 38.0. The normalized spacial score (nSPS) is 13.3. The Bertz CT molecular complexity index is 764. The van der Waals surface area contributed by atoms with E-state index >= 15 is 0 Å². The number of aliphatic hydroxyl groups excluding tert-OH is 2. The number of hydrogen-bond acceptors (Lipinski definition) is 7. The Morgan fingerprint density at radius 2 is 0.714 bits per heavy atom. The summed E-state index contributed by atoms with van der Waals surface area (Å²) < 4.78 is 11.6. The molecule has 0 aliphatic carbocycles. The molecule has 0 aliphatic heterocycles. The first-order chi connectivity index (χ1) is 27.4. The summed E-state index contributed by atoms with van der Waals surface area (Å²) in [6.07, 6.45) is 38.5. The van der Waals surface area contributed by atoms with Crippen molar-refractivity contribution in [2.45, 2.75) is 252 Å². The number of aliphatic hydroxyl groups is 2. The van der Waals surface area contributed by atoms with Crippen LogP contribution in [0.2, 0.25) is 0 Å². The topological polar surface area (TPSA) is 96.3 Å². The van der Waals surface area contributed by atoms with Gasteiger partial charge in [-0.15, -0.1) is 0 Å². The van der Waals surface area contributed by atoms with Crippen molar-refractivity contribution >= 4 is 11.9 Å². The largest absolute Gasteiger partial charge is 0.465 e. The third-order valence-electron chi connectivity index (χ3n) is 11.7. The molecule has 7 heteroatoms. The number of carbonyl (C=O) groups excluding carboxylic acids is 2. The molecule has 0 saturated heterocycles. The maximum absolute atomic E-state index is 13.0. The summed E-state index contributed by atoms with van der Waals surface area (Å²) in [4.78, 5) is 28.3. The van der Waals surface area contributed by atoms with Gasteiger partial charge in [-0.05, 0) is 64.5 Å². The predicted octanol–water partition coefficient (Wildman–Crippen LogP) is 13.3. The summed E-state index contributed by atoms with van der Waals surface area (Å²) in [5.41, 5.74) is 0. The highest BCUT2D eigenvalue weighted by Gasteiger charge is 2.20. The molecule has 0 aromatic rings. The fourth-order valence-corrected chi connectivity index (χ4v) is 7.90. The van der Waals surface area contributed by atoms with Gasteiger partial charge in [0.2, 0.25) is 0 Å². The minimum absolute atomic E-state index is 0.0252. The Hall–Kier alpha value is -1.18. The summed E-state index contributed by atoms with van der Waals surface area (Å²) in [6.45, 7) is 12.1. The zero-order chi connectivity index (χ0) is 41.2. The van der Waals surface area contributed by atoms with Crippen molar-refractivity contribution in [3.8, 4) is 0 Å². The lowest BCUT2D eigenvalue weighted by atomic mass is 9.94. The molecule has 0 aromatic carbocycles. The van der Waals surface area contributed by atoms with Crippen molar-refractivity contribution < 1.29 is 29.3 Å². The molecule has 0 heterocycles. The first kappa shape index (κ1) is 54.8. The van der Waals surface area contributed by atoms with E-state index < -0.39 is 6.10 Å². The maximum atomic E-state index is 13.0. The molecule has 3 unspecified atom stereocenters. The molecule has 0 saturated carbocycles. The van der Waals surface area contributed by atoms with Gasteiger partial charge in [0.05, 0.1) is 37.8 Å². The molecule has 0 spiro atoms. The van der Waals surface area contributed by atoms with Crippen LogP contribution in [-0.4, -0.2) is 72.6 Å². The van der Waals surface area contributed by atoms with Gasteiger partial charge in [-0.25, -0.2) is 0 Å².